The lowest BCUT2D eigenvalue weighted by Gasteiger charge is -2.01. The average Bonchev–Trinajstić information content (AvgIpc) is 1.81. The van der Waals surface area contributed by atoms with Crippen molar-refractivity contribution in [1.29, 1.82) is 0 Å². The van der Waals surface area contributed by atoms with Crippen molar-refractivity contribution in [3.8, 4) is 0 Å². The number of rotatable bonds is 3. The van der Waals surface area contributed by atoms with Gasteiger partial charge in [0.1, 0.15) is 0 Å². The van der Waals surface area contributed by atoms with Crippen molar-refractivity contribution in [3.63, 3.8) is 0 Å². The fourth-order valence-corrected chi connectivity index (χ4v) is 0.669. The first-order chi connectivity index (χ1) is 5.72. The van der Waals surface area contributed by atoms with E-state index in [1.54, 1.807) is 0 Å². The summed E-state index contributed by atoms with van der Waals surface area (Å²) >= 11 is 0. The van der Waals surface area contributed by atoms with Crippen LogP contribution in [0.15, 0.2) is 11.6 Å². The Morgan fingerprint density at radius 2 is 1.85 bits per heavy atom. The van der Waals surface area contributed by atoms with Gasteiger partial charge in [0, 0.05) is 11.6 Å². The molecule has 0 aromatic heterocycles. The zero-order chi connectivity index (χ0) is 10.6. The topological polar surface area (TPSA) is 121 Å². The lowest BCUT2D eigenvalue weighted by molar-refractivity contribution is -0.134. The Morgan fingerprint density at radius 1 is 1.38 bits per heavy atom. The minimum Gasteiger partial charge on any atom is -0.478 e. The second kappa shape index (κ2) is 4.18. The van der Waals surface area contributed by atoms with Crippen LogP contribution in [0.3, 0.4) is 0 Å². The van der Waals surface area contributed by atoms with Crippen LogP contribution in [-0.2, 0) is 18.7 Å². The maximum absolute atomic E-state index is 10.5. The summed E-state index contributed by atoms with van der Waals surface area (Å²) < 4.78 is 13.6. The van der Waals surface area contributed by atoms with Gasteiger partial charge in [-0.15, -0.1) is 0 Å². The Morgan fingerprint density at radius 3 is 2.15 bits per heavy atom. The molecule has 0 spiro atoms. The Hall–Kier alpha value is -1.17. The number of carbonyl (C=O) groups is 2. The van der Waals surface area contributed by atoms with Crippen LogP contribution in [0.1, 0.15) is 6.92 Å². The summed E-state index contributed by atoms with van der Waals surface area (Å²) in [6.45, 7) is 1.09. The van der Waals surface area contributed by atoms with Crippen LogP contribution in [0.5, 0.6) is 0 Å². The first-order valence-corrected chi connectivity index (χ1v) is 4.46. The SMILES string of the molecule is C/C(=C\C(=O)OP(=O)(O)O)C(=O)O. The zero-order valence-corrected chi connectivity index (χ0v) is 7.39. The molecule has 0 saturated carbocycles. The molecular formula is C5H7O7P. The predicted molar refractivity (Wildman–Crippen MR) is 39.5 cm³/mol. The summed E-state index contributed by atoms with van der Waals surface area (Å²) in [4.78, 5) is 36.9. The molecule has 0 atom stereocenters. The van der Waals surface area contributed by atoms with E-state index in [-0.39, 0.29) is 5.57 Å². The van der Waals surface area contributed by atoms with E-state index in [1.165, 1.54) is 0 Å². The van der Waals surface area contributed by atoms with E-state index in [0.717, 1.165) is 6.92 Å². The van der Waals surface area contributed by atoms with Gasteiger partial charge in [-0.05, 0) is 6.92 Å². The van der Waals surface area contributed by atoms with Crippen LogP contribution >= 0.6 is 7.82 Å². The van der Waals surface area contributed by atoms with Gasteiger partial charge in [-0.2, -0.15) is 0 Å². The number of carboxylic acid groups (broad SMARTS) is 1. The van der Waals surface area contributed by atoms with Gasteiger partial charge in [0.15, 0.2) is 0 Å². The molecule has 0 bridgehead atoms. The highest BCUT2D eigenvalue weighted by atomic mass is 31.2. The second-order valence-corrected chi connectivity index (χ2v) is 3.20. The number of phosphoric ester groups is 1. The van der Waals surface area contributed by atoms with Crippen molar-refractivity contribution >= 4 is 19.8 Å². The van der Waals surface area contributed by atoms with Gasteiger partial charge in [0.25, 0.3) is 0 Å². The van der Waals surface area contributed by atoms with Crippen LogP contribution in [0.2, 0.25) is 0 Å². The van der Waals surface area contributed by atoms with Crippen molar-refractivity contribution in [1.82, 2.24) is 0 Å². The van der Waals surface area contributed by atoms with Gasteiger partial charge in [-0.25, -0.2) is 14.2 Å². The summed E-state index contributed by atoms with van der Waals surface area (Å²) in [7, 11) is -4.90. The van der Waals surface area contributed by atoms with Crippen LogP contribution < -0.4 is 0 Å². The summed E-state index contributed by atoms with van der Waals surface area (Å²) in [6, 6.07) is 0. The number of carboxylic acids is 1. The van der Waals surface area contributed by atoms with Gasteiger partial charge in [-0.1, -0.05) is 0 Å². The maximum Gasteiger partial charge on any atom is 0.527 e. The molecular weight excluding hydrogens is 203 g/mol. The first kappa shape index (κ1) is 11.8. The summed E-state index contributed by atoms with van der Waals surface area (Å²) in [5.41, 5.74) is -0.376. The number of phosphoric acid groups is 1. The van der Waals surface area contributed by atoms with E-state index in [4.69, 9.17) is 14.9 Å². The van der Waals surface area contributed by atoms with Crippen molar-refractivity contribution in [3.05, 3.63) is 11.6 Å². The molecule has 0 aromatic carbocycles. The second-order valence-electron chi connectivity index (χ2n) is 2.03. The normalized spacial score (nSPS) is 12.4. The smallest absolute Gasteiger partial charge is 0.478 e. The molecule has 8 heteroatoms. The van der Waals surface area contributed by atoms with Crippen LogP contribution in [0.25, 0.3) is 0 Å². The fraction of sp³-hybridized carbons (Fsp3) is 0.200. The molecule has 0 radical (unpaired) electrons. The molecule has 0 aliphatic heterocycles. The van der Waals surface area contributed by atoms with Crippen molar-refractivity contribution in [2.45, 2.75) is 6.92 Å². The van der Waals surface area contributed by atoms with E-state index in [0.29, 0.717) is 6.08 Å². The van der Waals surface area contributed by atoms with E-state index >= 15 is 0 Å². The molecule has 74 valence electrons. The van der Waals surface area contributed by atoms with E-state index < -0.39 is 19.8 Å². The predicted octanol–water partition coefficient (Wildman–Crippen LogP) is -0.347. The van der Waals surface area contributed by atoms with E-state index in [9.17, 15) is 14.2 Å². The minimum absolute atomic E-state index is 0.376. The first-order valence-electron chi connectivity index (χ1n) is 2.93. The standard InChI is InChI=1S/C5H7O7P/c1-3(5(7)8)2-4(6)12-13(9,10)11/h2H,1H3,(H,7,8)(H2,9,10,11)/b3-2+. The molecule has 0 rings (SSSR count). The Kier molecular flexibility index (Phi) is 3.80. The average molecular weight is 210 g/mol. The highest BCUT2D eigenvalue weighted by Gasteiger charge is 2.19. The Bertz CT molecular complexity index is 298. The van der Waals surface area contributed by atoms with E-state index in [2.05, 4.69) is 4.52 Å². The van der Waals surface area contributed by atoms with Gasteiger partial charge < -0.3 is 9.63 Å². The Balaban J connectivity index is 4.41. The third-order valence-corrected chi connectivity index (χ3v) is 1.30. The van der Waals surface area contributed by atoms with Crippen LogP contribution in [0.4, 0.5) is 0 Å². The lowest BCUT2D eigenvalue weighted by atomic mass is 10.3. The highest BCUT2D eigenvalue weighted by molar-refractivity contribution is 7.46. The quantitative estimate of drug-likeness (QED) is 0.430. The number of aliphatic carboxylic acids is 1. The monoisotopic (exact) mass is 210 g/mol. The molecule has 0 heterocycles. The molecule has 0 aliphatic carbocycles. The highest BCUT2D eigenvalue weighted by Crippen LogP contribution is 2.35. The summed E-state index contributed by atoms with van der Waals surface area (Å²) in [5.74, 6) is -2.77. The minimum atomic E-state index is -4.90. The molecule has 0 fully saturated rings. The largest absolute Gasteiger partial charge is 0.527 e. The maximum atomic E-state index is 10.5. The van der Waals surface area contributed by atoms with Crippen molar-refractivity contribution in [2.24, 2.45) is 0 Å². The number of carbonyl (C=O) groups excluding carboxylic acids is 1. The fourth-order valence-electron chi connectivity index (χ4n) is 0.382. The number of hydrogen-bond donors (Lipinski definition) is 3. The molecule has 0 unspecified atom stereocenters. The van der Waals surface area contributed by atoms with E-state index in [1.807, 2.05) is 0 Å². The van der Waals surface area contributed by atoms with Crippen molar-refractivity contribution in [2.75, 3.05) is 0 Å². The molecule has 0 aliphatic rings. The zero-order valence-electron chi connectivity index (χ0n) is 6.50. The van der Waals surface area contributed by atoms with Gasteiger partial charge >= 0.3 is 19.8 Å². The van der Waals surface area contributed by atoms with Gasteiger partial charge in [0.05, 0.1) is 0 Å². The van der Waals surface area contributed by atoms with Gasteiger partial charge in [0.2, 0.25) is 0 Å². The molecule has 0 saturated heterocycles. The Labute approximate surface area is 72.9 Å². The van der Waals surface area contributed by atoms with Gasteiger partial charge in [-0.3, -0.25) is 9.79 Å². The summed E-state index contributed by atoms with van der Waals surface area (Å²) in [5, 5.41) is 8.26. The molecule has 13 heavy (non-hydrogen) atoms. The molecule has 7 nitrogen and oxygen atoms in total. The van der Waals surface area contributed by atoms with Crippen molar-refractivity contribution < 1.29 is 33.6 Å². The molecule has 3 N–H and O–H groups in total. The molecule has 0 aromatic rings. The molecule has 0 amide bonds. The van der Waals surface area contributed by atoms with Crippen LogP contribution in [-0.4, -0.2) is 26.8 Å². The summed E-state index contributed by atoms with van der Waals surface area (Å²) in [6.07, 6.45) is 0.474. The third-order valence-electron chi connectivity index (χ3n) is 0.881. The third kappa shape index (κ3) is 6.03. The number of hydrogen-bond acceptors (Lipinski definition) is 4. The van der Waals surface area contributed by atoms with Crippen LogP contribution in [0, 0.1) is 0 Å². The lowest BCUT2D eigenvalue weighted by Crippen LogP contribution is -2.03.